The fourth-order valence-corrected chi connectivity index (χ4v) is 3.23. The Hall–Kier alpha value is -2.41. The molecule has 0 aliphatic carbocycles. The molecule has 3 heterocycles. The number of urea groups is 1. The number of hydrogen-bond donors (Lipinski definition) is 2. The highest BCUT2D eigenvalue weighted by molar-refractivity contribution is 7.11. The van der Waals surface area contributed by atoms with Crippen LogP contribution in [0.4, 0.5) is 4.79 Å². The van der Waals surface area contributed by atoms with Gasteiger partial charge in [-0.3, -0.25) is 0 Å². The first-order valence-electron chi connectivity index (χ1n) is 7.98. The second-order valence-corrected chi connectivity index (χ2v) is 7.06. The molecule has 3 aromatic rings. The lowest BCUT2D eigenvalue weighted by atomic mass is 10.2. The van der Waals surface area contributed by atoms with Gasteiger partial charge in [-0.15, -0.1) is 11.3 Å². The van der Waals surface area contributed by atoms with Crippen molar-refractivity contribution in [1.82, 2.24) is 25.0 Å². The van der Waals surface area contributed by atoms with Gasteiger partial charge >= 0.3 is 6.03 Å². The summed E-state index contributed by atoms with van der Waals surface area (Å²) in [6.07, 6.45) is 6.53. The highest BCUT2D eigenvalue weighted by atomic mass is 32.1. The SMILES string of the molecule is Cc1cnc([C@@H](C)CNC(=O)NCCc2cn3ccccc3n2)s1. The van der Waals surface area contributed by atoms with E-state index < -0.39 is 0 Å². The molecule has 0 aliphatic rings. The molecule has 7 heteroatoms. The zero-order valence-electron chi connectivity index (χ0n) is 13.8. The first-order chi connectivity index (χ1) is 11.6. The smallest absolute Gasteiger partial charge is 0.314 e. The van der Waals surface area contributed by atoms with E-state index in [1.54, 1.807) is 11.3 Å². The molecule has 2 amide bonds. The Labute approximate surface area is 145 Å². The molecule has 0 bridgehead atoms. The number of carbonyl (C=O) groups excluding carboxylic acids is 1. The van der Waals surface area contributed by atoms with Crippen molar-refractivity contribution in [2.75, 3.05) is 13.1 Å². The third-order valence-corrected chi connectivity index (χ3v) is 4.85. The summed E-state index contributed by atoms with van der Waals surface area (Å²) >= 11 is 1.67. The average molecular weight is 343 g/mol. The van der Waals surface area contributed by atoms with Gasteiger partial charge in [0.1, 0.15) is 5.65 Å². The summed E-state index contributed by atoms with van der Waals surface area (Å²) in [5, 5.41) is 6.82. The minimum atomic E-state index is -0.154. The van der Waals surface area contributed by atoms with Crippen molar-refractivity contribution < 1.29 is 4.79 Å². The molecule has 0 saturated carbocycles. The summed E-state index contributed by atoms with van der Waals surface area (Å²) in [4.78, 5) is 21.9. The molecule has 0 aliphatic heterocycles. The maximum atomic E-state index is 11.9. The van der Waals surface area contributed by atoms with Crippen LogP contribution >= 0.6 is 11.3 Å². The molecule has 2 N–H and O–H groups in total. The minimum Gasteiger partial charge on any atom is -0.338 e. The number of carbonyl (C=O) groups is 1. The molecule has 0 radical (unpaired) electrons. The second-order valence-electron chi connectivity index (χ2n) is 5.80. The molecule has 1 atom stereocenters. The van der Waals surface area contributed by atoms with E-state index in [2.05, 4.69) is 27.5 Å². The predicted octanol–water partition coefficient (Wildman–Crippen LogP) is 2.74. The first-order valence-corrected chi connectivity index (χ1v) is 8.80. The maximum absolute atomic E-state index is 11.9. The van der Waals surface area contributed by atoms with Gasteiger partial charge in [-0.1, -0.05) is 13.0 Å². The molecule has 126 valence electrons. The summed E-state index contributed by atoms with van der Waals surface area (Å²) in [5.74, 6) is 0.216. The summed E-state index contributed by atoms with van der Waals surface area (Å²) in [5.41, 5.74) is 1.89. The molecule has 0 saturated heterocycles. The Bertz CT molecular complexity index is 792. The number of amides is 2. The molecule has 0 fully saturated rings. The van der Waals surface area contributed by atoms with Gasteiger partial charge in [0.25, 0.3) is 0 Å². The molecular weight excluding hydrogens is 322 g/mol. The number of nitrogens with zero attached hydrogens (tertiary/aromatic N) is 3. The van der Waals surface area contributed by atoms with Crippen LogP contribution in [0.25, 0.3) is 5.65 Å². The summed E-state index contributed by atoms with van der Waals surface area (Å²) in [6.45, 7) is 5.23. The molecule has 0 unspecified atom stereocenters. The number of rotatable bonds is 6. The number of nitrogens with one attached hydrogen (secondary N) is 2. The molecule has 6 nitrogen and oxygen atoms in total. The summed E-state index contributed by atoms with van der Waals surface area (Å²) in [7, 11) is 0. The van der Waals surface area contributed by atoms with E-state index in [0.717, 1.165) is 16.3 Å². The lowest BCUT2D eigenvalue weighted by molar-refractivity contribution is 0.240. The Morgan fingerprint density at radius 1 is 1.38 bits per heavy atom. The summed E-state index contributed by atoms with van der Waals surface area (Å²) < 4.78 is 1.98. The van der Waals surface area contributed by atoms with Crippen LogP contribution in [0.3, 0.4) is 0 Å². The summed E-state index contributed by atoms with van der Waals surface area (Å²) in [6, 6.07) is 5.74. The van der Waals surface area contributed by atoms with E-state index >= 15 is 0 Å². The van der Waals surface area contributed by atoms with Crippen molar-refractivity contribution in [2.24, 2.45) is 0 Å². The van der Waals surface area contributed by atoms with Crippen LogP contribution in [0.1, 0.15) is 28.4 Å². The van der Waals surface area contributed by atoms with Crippen molar-refractivity contribution in [3.05, 3.63) is 52.4 Å². The third-order valence-electron chi connectivity index (χ3n) is 3.71. The first kappa shape index (κ1) is 16.4. The standard InChI is InChI=1S/C17H21N5OS/c1-12(16-19-10-13(2)24-16)9-20-17(23)18-7-6-14-11-22-8-4-3-5-15(22)21-14/h3-5,8,10-12H,6-7,9H2,1-2H3,(H2,18,20,23)/t12-/m0/s1. The average Bonchev–Trinajstić information content (AvgIpc) is 3.18. The lowest BCUT2D eigenvalue weighted by Gasteiger charge is -2.11. The van der Waals surface area contributed by atoms with Gasteiger partial charge in [-0.25, -0.2) is 14.8 Å². The van der Waals surface area contributed by atoms with Gasteiger partial charge in [-0.2, -0.15) is 0 Å². The monoisotopic (exact) mass is 343 g/mol. The number of imidazole rings is 1. The van der Waals surface area contributed by atoms with Crippen LogP contribution in [0.15, 0.2) is 36.8 Å². The third kappa shape index (κ3) is 4.11. The van der Waals surface area contributed by atoms with E-state index in [1.165, 1.54) is 4.88 Å². The fraction of sp³-hybridized carbons (Fsp3) is 0.353. The van der Waals surface area contributed by atoms with Gasteiger partial charge in [0, 0.05) is 48.9 Å². The minimum absolute atomic E-state index is 0.154. The van der Waals surface area contributed by atoms with Crippen molar-refractivity contribution in [3.63, 3.8) is 0 Å². The zero-order chi connectivity index (χ0) is 16.9. The highest BCUT2D eigenvalue weighted by Gasteiger charge is 2.11. The molecule has 3 rings (SSSR count). The van der Waals surface area contributed by atoms with Crippen molar-refractivity contribution in [2.45, 2.75) is 26.2 Å². The Morgan fingerprint density at radius 2 is 2.25 bits per heavy atom. The molecular formula is C17H21N5OS. The van der Waals surface area contributed by atoms with Gasteiger partial charge in [-0.05, 0) is 19.1 Å². The normalized spacial score (nSPS) is 12.2. The number of aryl methyl sites for hydroxylation is 1. The molecule has 0 spiro atoms. The Morgan fingerprint density at radius 3 is 3.00 bits per heavy atom. The quantitative estimate of drug-likeness (QED) is 0.723. The van der Waals surface area contributed by atoms with Crippen molar-refractivity contribution >= 4 is 23.0 Å². The van der Waals surface area contributed by atoms with Crippen LogP contribution in [0.5, 0.6) is 0 Å². The predicted molar refractivity (Wildman–Crippen MR) is 95.6 cm³/mol. The largest absolute Gasteiger partial charge is 0.338 e. The highest BCUT2D eigenvalue weighted by Crippen LogP contribution is 2.20. The number of aromatic nitrogens is 3. The Kier molecular flexibility index (Phi) is 5.10. The Balaban J connectivity index is 1.40. The van der Waals surface area contributed by atoms with Crippen LogP contribution in [-0.4, -0.2) is 33.5 Å². The fourth-order valence-electron chi connectivity index (χ4n) is 2.41. The van der Waals surface area contributed by atoms with Gasteiger partial charge in [0.2, 0.25) is 0 Å². The number of pyridine rings is 1. The molecule has 24 heavy (non-hydrogen) atoms. The van der Waals surface area contributed by atoms with Gasteiger partial charge < -0.3 is 15.0 Å². The number of hydrogen-bond acceptors (Lipinski definition) is 4. The molecule has 0 aromatic carbocycles. The van der Waals surface area contributed by atoms with E-state index in [1.807, 2.05) is 48.1 Å². The lowest BCUT2D eigenvalue weighted by Crippen LogP contribution is -2.38. The van der Waals surface area contributed by atoms with Gasteiger partial charge in [0.15, 0.2) is 0 Å². The van der Waals surface area contributed by atoms with E-state index in [-0.39, 0.29) is 11.9 Å². The molecule has 3 aromatic heterocycles. The van der Waals surface area contributed by atoms with Crippen LogP contribution in [0.2, 0.25) is 0 Å². The topological polar surface area (TPSA) is 71.3 Å². The van der Waals surface area contributed by atoms with Crippen LogP contribution in [0, 0.1) is 6.92 Å². The second kappa shape index (κ2) is 7.44. The number of fused-ring (bicyclic) bond motifs is 1. The van der Waals surface area contributed by atoms with E-state index in [0.29, 0.717) is 19.5 Å². The van der Waals surface area contributed by atoms with Crippen LogP contribution < -0.4 is 10.6 Å². The van der Waals surface area contributed by atoms with Crippen LogP contribution in [-0.2, 0) is 6.42 Å². The van der Waals surface area contributed by atoms with Crippen molar-refractivity contribution in [1.29, 1.82) is 0 Å². The maximum Gasteiger partial charge on any atom is 0.314 e. The number of thiazole rings is 1. The van der Waals surface area contributed by atoms with Gasteiger partial charge in [0.05, 0.1) is 10.7 Å². The van der Waals surface area contributed by atoms with Crippen molar-refractivity contribution in [3.8, 4) is 0 Å². The van der Waals surface area contributed by atoms with E-state index in [4.69, 9.17) is 0 Å². The van der Waals surface area contributed by atoms with E-state index in [9.17, 15) is 4.79 Å². The zero-order valence-corrected chi connectivity index (χ0v) is 14.6.